The highest BCUT2D eigenvalue weighted by molar-refractivity contribution is 9.10. The summed E-state index contributed by atoms with van der Waals surface area (Å²) in [6, 6.07) is 2.18. The maximum atomic E-state index is 6.08. The van der Waals surface area contributed by atoms with E-state index in [1.165, 1.54) is 4.88 Å². The molecule has 0 radical (unpaired) electrons. The van der Waals surface area contributed by atoms with Crippen molar-refractivity contribution in [3.8, 4) is 0 Å². The lowest BCUT2D eigenvalue weighted by atomic mass is 9.84. The second-order valence-corrected chi connectivity index (χ2v) is 6.58. The molecule has 3 N–H and O–H groups in total. The van der Waals surface area contributed by atoms with Crippen LogP contribution in [0.25, 0.3) is 0 Å². The largest absolute Gasteiger partial charge is 0.381 e. The van der Waals surface area contributed by atoms with Crippen molar-refractivity contribution in [3.63, 3.8) is 0 Å². The molecule has 1 aliphatic heterocycles. The van der Waals surface area contributed by atoms with Crippen LogP contribution < -0.4 is 11.3 Å². The average Bonchev–Trinajstić information content (AvgIpc) is 2.82. The van der Waals surface area contributed by atoms with Gasteiger partial charge in [-0.2, -0.15) is 0 Å². The van der Waals surface area contributed by atoms with Crippen molar-refractivity contribution < 1.29 is 9.47 Å². The van der Waals surface area contributed by atoms with E-state index in [0.29, 0.717) is 6.61 Å². The van der Waals surface area contributed by atoms with Gasteiger partial charge in [0.1, 0.15) is 0 Å². The first-order chi connectivity index (χ1) is 9.22. The molecule has 1 aromatic heterocycles. The molecule has 1 atom stereocenters. The predicted octanol–water partition coefficient (Wildman–Crippen LogP) is 2.47. The van der Waals surface area contributed by atoms with Crippen LogP contribution in [0.1, 0.15) is 24.6 Å². The number of nitrogens with one attached hydrogen (secondary N) is 1. The van der Waals surface area contributed by atoms with Crippen LogP contribution in [0.15, 0.2) is 15.9 Å². The Bertz CT molecular complexity index is 388. The van der Waals surface area contributed by atoms with Crippen LogP contribution in [-0.2, 0) is 15.9 Å². The van der Waals surface area contributed by atoms with Crippen LogP contribution >= 0.6 is 27.3 Å². The second kappa shape index (κ2) is 7.15. The molecule has 1 unspecified atom stereocenters. The van der Waals surface area contributed by atoms with Crippen LogP contribution in [0, 0.1) is 0 Å². The average molecular weight is 349 g/mol. The van der Waals surface area contributed by atoms with Crippen molar-refractivity contribution in [2.75, 3.05) is 19.8 Å². The molecule has 6 heteroatoms. The van der Waals surface area contributed by atoms with Gasteiger partial charge < -0.3 is 9.47 Å². The first-order valence-corrected chi connectivity index (χ1v) is 8.29. The molecule has 2 rings (SSSR count). The van der Waals surface area contributed by atoms with E-state index in [-0.39, 0.29) is 11.6 Å². The number of nitrogens with two attached hydrogens (primary N) is 1. The summed E-state index contributed by atoms with van der Waals surface area (Å²) in [7, 11) is 0. The highest BCUT2D eigenvalue weighted by Crippen LogP contribution is 2.33. The van der Waals surface area contributed by atoms with Gasteiger partial charge in [0.2, 0.25) is 0 Å². The van der Waals surface area contributed by atoms with Gasteiger partial charge in [-0.25, -0.2) is 0 Å². The molecule has 2 heterocycles. The smallest absolute Gasteiger partial charge is 0.0895 e. The lowest BCUT2D eigenvalue weighted by molar-refractivity contribution is -0.126. The molecular formula is C13H21BrN2O2S. The predicted molar refractivity (Wildman–Crippen MR) is 81.2 cm³/mol. The molecule has 0 aliphatic carbocycles. The lowest BCUT2D eigenvalue weighted by Crippen LogP contribution is -2.58. The van der Waals surface area contributed by atoms with Gasteiger partial charge in [-0.05, 0) is 34.3 Å². The number of hydrogen-bond acceptors (Lipinski definition) is 5. The van der Waals surface area contributed by atoms with Crippen molar-refractivity contribution in [3.05, 3.63) is 20.8 Å². The summed E-state index contributed by atoms with van der Waals surface area (Å²) >= 11 is 5.33. The molecule has 4 nitrogen and oxygen atoms in total. The summed E-state index contributed by atoms with van der Waals surface area (Å²) in [5.74, 6) is 5.80. The molecular weight excluding hydrogens is 328 g/mol. The van der Waals surface area contributed by atoms with Crippen LogP contribution in [0.5, 0.6) is 0 Å². The fourth-order valence-corrected chi connectivity index (χ4v) is 4.21. The van der Waals surface area contributed by atoms with E-state index >= 15 is 0 Å². The van der Waals surface area contributed by atoms with Crippen LogP contribution in [0.4, 0.5) is 0 Å². The Morgan fingerprint density at radius 3 is 2.84 bits per heavy atom. The summed E-state index contributed by atoms with van der Waals surface area (Å²) in [4.78, 5) is 1.30. The van der Waals surface area contributed by atoms with Crippen molar-refractivity contribution in [2.24, 2.45) is 5.84 Å². The summed E-state index contributed by atoms with van der Waals surface area (Å²) in [6.07, 6.45) is 2.64. The van der Waals surface area contributed by atoms with E-state index < -0.39 is 0 Å². The van der Waals surface area contributed by atoms with Crippen LogP contribution in [0.3, 0.4) is 0 Å². The highest BCUT2D eigenvalue weighted by atomic mass is 79.9. The maximum Gasteiger partial charge on any atom is 0.0895 e. The monoisotopic (exact) mass is 348 g/mol. The molecule has 19 heavy (non-hydrogen) atoms. The normalized spacial score (nSPS) is 20.4. The van der Waals surface area contributed by atoms with E-state index in [2.05, 4.69) is 32.8 Å². The first kappa shape index (κ1) is 15.4. The molecule has 0 aromatic carbocycles. The zero-order chi connectivity index (χ0) is 13.7. The molecule has 0 bridgehead atoms. The Hall–Kier alpha value is 0.0200. The SMILES string of the molecule is CCOC1(C(Cc2sccc2Br)NN)CCOCC1. The van der Waals surface area contributed by atoms with Gasteiger partial charge in [0.05, 0.1) is 11.6 Å². The Morgan fingerprint density at radius 1 is 1.58 bits per heavy atom. The van der Waals surface area contributed by atoms with Crippen molar-refractivity contribution in [1.82, 2.24) is 5.43 Å². The van der Waals surface area contributed by atoms with E-state index in [0.717, 1.165) is 36.9 Å². The van der Waals surface area contributed by atoms with E-state index in [4.69, 9.17) is 15.3 Å². The number of hydrogen-bond donors (Lipinski definition) is 2. The number of halogens is 1. The third kappa shape index (κ3) is 3.56. The Morgan fingerprint density at radius 2 is 2.32 bits per heavy atom. The fourth-order valence-electron chi connectivity index (χ4n) is 2.65. The lowest BCUT2D eigenvalue weighted by Gasteiger charge is -2.42. The third-order valence-corrected chi connectivity index (χ3v) is 5.64. The number of hydrazine groups is 1. The van der Waals surface area contributed by atoms with Gasteiger partial charge >= 0.3 is 0 Å². The van der Waals surface area contributed by atoms with Gasteiger partial charge in [-0.1, -0.05) is 0 Å². The van der Waals surface area contributed by atoms with Crippen molar-refractivity contribution in [1.29, 1.82) is 0 Å². The van der Waals surface area contributed by atoms with Crippen molar-refractivity contribution >= 4 is 27.3 Å². The standard InChI is InChI=1S/C13H21BrN2O2S/c1-2-18-13(4-6-17-7-5-13)12(16-15)9-11-10(14)3-8-19-11/h3,8,12,16H,2,4-7,9,15H2,1H3. The third-order valence-electron chi connectivity index (χ3n) is 3.69. The van der Waals surface area contributed by atoms with E-state index in [9.17, 15) is 0 Å². The van der Waals surface area contributed by atoms with Gasteiger partial charge in [-0.15, -0.1) is 11.3 Å². The zero-order valence-electron chi connectivity index (χ0n) is 11.2. The number of rotatable bonds is 6. The summed E-state index contributed by atoms with van der Waals surface area (Å²) in [5, 5.41) is 2.09. The Balaban J connectivity index is 2.14. The van der Waals surface area contributed by atoms with Gasteiger partial charge in [0.15, 0.2) is 0 Å². The first-order valence-electron chi connectivity index (χ1n) is 6.61. The van der Waals surface area contributed by atoms with Gasteiger partial charge in [0.25, 0.3) is 0 Å². The molecule has 0 spiro atoms. The van der Waals surface area contributed by atoms with Gasteiger partial charge in [0, 0.05) is 48.4 Å². The Labute approximate surface area is 126 Å². The fraction of sp³-hybridized carbons (Fsp3) is 0.692. The molecule has 1 aromatic rings. The van der Waals surface area contributed by atoms with E-state index in [1.807, 2.05) is 6.92 Å². The topological polar surface area (TPSA) is 56.5 Å². The molecule has 108 valence electrons. The van der Waals surface area contributed by atoms with Crippen LogP contribution in [0.2, 0.25) is 0 Å². The minimum absolute atomic E-state index is 0.103. The quantitative estimate of drug-likeness (QED) is 0.612. The molecule has 1 aliphatic rings. The molecule has 0 amide bonds. The number of ether oxygens (including phenoxy) is 2. The molecule has 0 saturated carbocycles. The summed E-state index contributed by atoms with van der Waals surface area (Å²) in [5.41, 5.74) is 2.75. The Kier molecular flexibility index (Phi) is 5.80. The second-order valence-electron chi connectivity index (χ2n) is 4.73. The van der Waals surface area contributed by atoms with E-state index in [1.54, 1.807) is 11.3 Å². The minimum atomic E-state index is -0.217. The maximum absolute atomic E-state index is 6.08. The summed E-state index contributed by atoms with van der Waals surface area (Å²) < 4.78 is 12.7. The molecule has 1 fully saturated rings. The van der Waals surface area contributed by atoms with Crippen molar-refractivity contribution in [2.45, 2.75) is 37.8 Å². The molecule has 1 saturated heterocycles. The summed E-state index contributed by atoms with van der Waals surface area (Å²) in [6.45, 7) is 4.21. The van der Waals surface area contributed by atoms with Gasteiger partial charge in [-0.3, -0.25) is 11.3 Å². The highest BCUT2D eigenvalue weighted by Gasteiger charge is 2.41. The number of thiophene rings is 1. The van der Waals surface area contributed by atoms with Crippen LogP contribution in [-0.4, -0.2) is 31.5 Å². The zero-order valence-corrected chi connectivity index (χ0v) is 13.6. The minimum Gasteiger partial charge on any atom is -0.381 e.